The summed E-state index contributed by atoms with van der Waals surface area (Å²) in [6.07, 6.45) is 0. The van der Waals surface area contributed by atoms with Gasteiger partial charge in [0.1, 0.15) is 0 Å². The van der Waals surface area contributed by atoms with E-state index in [4.69, 9.17) is 0 Å². The third-order valence-electron chi connectivity index (χ3n) is 3.88. The first-order chi connectivity index (χ1) is 10.6. The summed E-state index contributed by atoms with van der Waals surface area (Å²) in [5, 5.41) is 6.96. The zero-order chi connectivity index (χ0) is 15.5. The smallest absolute Gasteiger partial charge is 1.00 e. The fourth-order valence-electron chi connectivity index (χ4n) is 2.70. The van der Waals surface area contributed by atoms with Crippen LogP contribution in [0.4, 0.5) is 0 Å². The molecule has 0 bridgehead atoms. The molecule has 0 aromatic heterocycles. The Labute approximate surface area is 164 Å². The van der Waals surface area contributed by atoms with Crippen LogP contribution in [0.1, 0.15) is 5.56 Å². The van der Waals surface area contributed by atoms with Crippen LogP contribution in [0.15, 0.2) is 72.8 Å². The molecule has 0 saturated carbocycles. The Morgan fingerprint density at radius 1 is 0.720 bits per heavy atom. The summed E-state index contributed by atoms with van der Waals surface area (Å²) in [7, 11) is 0.0576. The van der Waals surface area contributed by atoms with Gasteiger partial charge in [-0.25, -0.2) is 0 Å². The molecule has 0 saturated heterocycles. The van der Waals surface area contributed by atoms with Crippen molar-refractivity contribution >= 4 is 34.8 Å². The summed E-state index contributed by atoms with van der Waals surface area (Å²) in [5.74, 6) is 0. The van der Waals surface area contributed by atoms with E-state index in [0.29, 0.717) is 0 Å². The van der Waals surface area contributed by atoms with Crippen molar-refractivity contribution in [3.63, 3.8) is 0 Å². The van der Waals surface area contributed by atoms with Crippen molar-refractivity contribution in [2.24, 2.45) is 0 Å². The van der Waals surface area contributed by atoms with Gasteiger partial charge in [0, 0.05) is 0 Å². The SMILES string of the molecule is CP(C)c1cc2ccccc2[cH-]1.Cc1cc2ccccc2[cH-]1.[F-].[F-].[Ti+4]. The molecule has 0 fully saturated rings. The molecule has 0 radical (unpaired) electrons. The quantitative estimate of drug-likeness (QED) is 0.240. The molecule has 0 aliphatic rings. The fraction of sp³-hybridized carbons (Fsp3) is 0.143. The maximum absolute atomic E-state index is 2.31. The van der Waals surface area contributed by atoms with Gasteiger partial charge in [0.2, 0.25) is 0 Å². The van der Waals surface area contributed by atoms with E-state index in [0.717, 1.165) is 0 Å². The molecule has 4 heteroatoms. The van der Waals surface area contributed by atoms with Crippen LogP contribution in [-0.4, -0.2) is 13.3 Å². The van der Waals surface area contributed by atoms with Gasteiger partial charge in [-0.05, 0) is 13.3 Å². The topological polar surface area (TPSA) is 0 Å². The molecule has 0 spiro atoms. The number of aryl methyl sites for hydroxylation is 1. The van der Waals surface area contributed by atoms with Crippen molar-refractivity contribution in [3.8, 4) is 0 Å². The van der Waals surface area contributed by atoms with E-state index in [1.165, 1.54) is 32.4 Å². The largest absolute Gasteiger partial charge is 4.00 e. The minimum atomic E-state index is 0. The number of fused-ring (bicyclic) bond motifs is 2. The predicted octanol–water partition coefficient (Wildman–Crippen LogP) is -0.202. The molecule has 4 aromatic rings. The molecule has 128 valence electrons. The molecule has 0 unspecified atom stereocenters. The fourth-order valence-corrected chi connectivity index (χ4v) is 3.49. The zero-order valence-electron chi connectivity index (χ0n) is 14.6. The number of hydrogen-bond donors (Lipinski definition) is 0. The number of benzene rings is 2. The first-order valence-corrected chi connectivity index (χ1v) is 9.82. The maximum atomic E-state index is 2.31. The molecule has 0 nitrogen and oxygen atoms in total. The first kappa shape index (κ1) is 23.7. The second-order valence-electron chi connectivity index (χ2n) is 5.90. The summed E-state index contributed by atoms with van der Waals surface area (Å²) in [6, 6.07) is 26.0. The van der Waals surface area contributed by atoms with Crippen molar-refractivity contribution in [1.82, 2.24) is 0 Å². The second kappa shape index (κ2) is 10.6. The third kappa shape index (κ3) is 5.85. The summed E-state index contributed by atoms with van der Waals surface area (Å²) in [6.45, 7) is 6.72. The van der Waals surface area contributed by atoms with Gasteiger partial charge >= 0.3 is 21.7 Å². The van der Waals surface area contributed by atoms with Crippen molar-refractivity contribution in [1.29, 1.82) is 0 Å². The molecule has 0 N–H and O–H groups in total. The Hall–Kier alpha value is -1.34. The van der Waals surface area contributed by atoms with Crippen LogP contribution >= 0.6 is 7.92 Å². The summed E-state index contributed by atoms with van der Waals surface area (Å²) >= 11 is 0. The van der Waals surface area contributed by atoms with Crippen LogP contribution in [0.2, 0.25) is 0 Å². The Bertz CT molecular complexity index is 827. The Morgan fingerprint density at radius 2 is 1.20 bits per heavy atom. The van der Waals surface area contributed by atoms with Gasteiger partial charge in [-0.2, -0.15) is 12.1 Å². The van der Waals surface area contributed by atoms with Crippen LogP contribution in [0.5, 0.6) is 0 Å². The molecule has 0 amide bonds. The Morgan fingerprint density at radius 3 is 1.68 bits per heavy atom. The second-order valence-corrected chi connectivity index (χ2v) is 8.20. The molecule has 4 aromatic carbocycles. The van der Waals surface area contributed by atoms with E-state index >= 15 is 0 Å². The van der Waals surface area contributed by atoms with E-state index in [9.17, 15) is 0 Å². The van der Waals surface area contributed by atoms with Gasteiger partial charge in [-0.3, -0.25) is 0 Å². The van der Waals surface area contributed by atoms with Gasteiger partial charge in [0.15, 0.2) is 0 Å². The van der Waals surface area contributed by atoms with Crippen LogP contribution in [0, 0.1) is 6.92 Å². The van der Waals surface area contributed by atoms with Gasteiger partial charge < -0.3 is 9.41 Å². The summed E-state index contributed by atoms with van der Waals surface area (Å²) in [5.41, 5.74) is 1.35. The molecular weight excluding hydrogens is 369 g/mol. The Kier molecular flexibility index (Phi) is 10.0. The summed E-state index contributed by atoms with van der Waals surface area (Å²) < 4.78 is 0. The number of hydrogen-bond acceptors (Lipinski definition) is 0. The molecule has 0 atom stereocenters. The molecule has 25 heavy (non-hydrogen) atoms. The number of rotatable bonds is 1. The molecule has 0 aliphatic carbocycles. The molecular formula is C21H21F2PTi. The minimum Gasteiger partial charge on any atom is -1.00 e. The van der Waals surface area contributed by atoms with Crippen molar-refractivity contribution < 1.29 is 31.1 Å². The van der Waals surface area contributed by atoms with Crippen molar-refractivity contribution in [3.05, 3.63) is 78.4 Å². The minimum absolute atomic E-state index is 0. The van der Waals surface area contributed by atoms with E-state index in [2.05, 4.69) is 93.0 Å². The van der Waals surface area contributed by atoms with Crippen LogP contribution < -0.4 is 14.7 Å². The zero-order valence-corrected chi connectivity index (χ0v) is 17.1. The average Bonchev–Trinajstić information content (AvgIpc) is 3.09. The van der Waals surface area contributed by atoms with E-state index in [1.807, 2.05) is 0 Å². The van der Waals surface area contributed by atoms with Crippen molar-refractivity contribution in [2.75, 3.05) is 13.3 Å². The van der Waals surface area contributed by atoms with E-state index in [1.54, 1.807) is 0 Å². The van der Waals surface area contributed by atoms with Crippen molar-refractivity contribution in [2.45, 2.75) is 6.92 Å². The van der Waals surface area contributed by atoms with Gasteiger partial charge in [0.05, 0.1) is 0 Å². The monoisotopic (exact) mass is 390 g/mol. The van der Waals surface area contributed by atoms with Gasteiger partial charge in [-0.15, -0.1) is 88.9 Å². The van der Waals surface area contributed by atoms with Crippen LogP contribution in [-0.2, 0) is 21.7 Å². The third-order valence-corrected chi connectivity index (χ3v) is 5.17. The van der Waals surface area contributed by atoms with Crippen LogP contribution in [0.25, 0.3) is 21.5 Å². The van der Waals surface area contributed by atoms with Gasteiger partial charge in [0.25, 0.3) is 0 Å². The average molecular weight is 390 g/mol. The maximum Gasteiger partial charge on any atom is 4.00 e. The van der Waals surface area contributed by atoms with E-state index in [-0.39, 0.29) is 39.0 Å². The van der Waals surface area contributed by atoms with Crippen LogP contribution in [0.3, 0.4) is 0 Å². The van der Waals surface area contributed by atoms with E-state index < -0.39 is 0 Å². The molecule has 4 rings (SSSR count). The molecule has 0 heterocycles. The Balaban J connectivity index is 0.000000416. The summed E-state index contributed by atoms with van der Waals surface area (Å²) in [4.78, 5) is 0. The predicted molar refractivity (Wildman–Crippen MR) is 102 cm³/mol. The normalized spacial score (nSPS) is 9.60. The standard InChI is InChI=1S/C11H12P.C10H9.2FH.Ti/c1-12(2)11-7-9-5-3-4-6-10(9)8-11;1-8-6-9-4-2-3-5-10(9)7-8;;;/h3-8H,1-2H3;2-7H,1H3;2*1H;/q2*-1;;;+4/p-2. The first-order valence-electron chi connectivity index (χ1n) is 7.58. The number of halogens is 2. The van der Waals surface area contributed by atoms with Gasteiger partial charge in [-0.1, -0.05) is 19.1 Å². The molecule has 0 aliphatic heterocycles.